The van der Waals surface area contributed by atoms with Gasteiger partial charge >= 0.3 is 11.9 Å². The Morgan fingerprint density at radius 1 is 0.967 bits per heavy atom. The smallest absolute Gasteiger partial charge is 0.412 e. The summed E-state index contributed by atoms with van der Waals surface area (Å²) in [4.78, 5) is 23.7. The molecule has 162 valence electrons. The lowest BCUT2D eigenvalue weighted by Crippen LogP contribution is -2.27. The molecule has 2 aromatic rings. The van der Waals surface area contributed by atoms with E-state index in [-0.39, 0.29) is 16.9 Å². The minimum atomic E-state index is -4.80. The maximum absolute atomic E-state index is 13.6. The van der Waals surface area contributed by atoms with Crippen LogP contribution in [0.5, 0.6) is 0 Å². The first-order chi connectivity index (χ1) is 13.8. The summed E-state index contributed by atoms with van der Waals surface area (Å²) in [6, 6.07) is 7.03. The number of rotatable bonds is 5. The van der Waals surface area contributed by atoms with Gasteiger partial charge in [-0.15, -0.1) is 0 Å². The van der Waals surface area contributed by atoms with Crippen LogP contribution in [0.1, 0.15) is 31.1 Å². The number of carbonyl (C=O) groups excluding carboxylic acids is 2. The monoisotopic (exact) mass is 444 g/mol. The second kappa shape index (κ2) is 8.74. The first kappa shape index (κ1) is 23.2. The molecule has 11 heteroatoms. The molecule has 2 aromatic carbocycles. The lowest BCUT2D eigenvalue weighted by atomic mass is 10.2. The number of hydrogen-bond acceptors (Lipinski definition) is 5. The molecule has 0 saturated carbocycles. The zero-order valence-corrected chi connectivity index (χ0v) is 17.0. The van der Waals surface area contributed by atoms with Crippen LogP contribution in [0.4, 0.5) is 29.3 Å². The predicted molar refractivity (Wildman–Crippen MR) is 104 cm³/mol. The van der Waals surface area contributed by atoms with Crippen molar-refractivity contribution >= 4 is 33.2 Å². The molecule has 0 unspecified atom stereocenters. The molecule has 0 spiro atoms. The van der Waals surface area contributed by atoms with Crippen molar-refractivity contribution in [1.29, 1.82) is 0 Å². The minimum absolute atomic E-state index is 0.0518. The lowest BCUT2D eigenvalue weighted by molar-refractivity contribution is 0.0635. The number of benzene rings is 2. The maximum atomic E-state index is 13.6. The normalized spacial score (nSPS) is 11.8. The summed E-state index contributed by atoms with van der Waals surface area (Å²) in [5, 5.41) is 4.76. The first-order valence-electron chi connectivity index (χ1n) is 8.52. The van der Waals surface area contributed by atoms with E-state index in [0.717, 1.165) is 36.4 Å². The lowest BCUT2D eigenvalue weighted by Gasteiger charge is -2.20. The van der Waals surface area contributed by atoms with Crippen molar-refractivity contribution in [2.75, 3.05) is 10.6 Å². The van der Waals surface area contributed by atoms with Crippen LogP contribution in [-0.2, 0) is 14.6 Å². The molecule has 0 atom stereocenters. The first-order valence-corrected chi connectivity index (χ1v) is 10.1. The number of ether oxygens (including phenoxy) is 1. The van der Waals surface area contributed by atoms with Gasteiger partial charge in [0.15, 0.2) is 0 Å². The van der Waals surface area contributed by atoms with Crippen molar-refractivity contribution in [1.82, 2.24) is 0 Å². The van der Waals surface area contributed by atoms with Gasteiger partial charge in [0.05, 0.1) is 16.3 Å². The van der Waals surface area contributed by atoms with Crippen LogP contribution in [-0.4, -0.2) is 31.8 Å². The topological polar surface area (TPSA) is 102 Å². The Hall–Kier alpha value is -3.08. The Balaban J connectivity index is 2.22. The van der Waals surface area contributed by atoms with Gasteiger partial charge in [0.25, 0.3) is 5.91 Å². The average molecular weight is 444 g/mol. The van der Waals surface area contributed by atoms with E-state index < -0.39 is 43.9 Å². The molecular weight excluding hydrogens is 425 g/mol. The Labute approximate surface area is 171 Å². The molecule has 0 aliphatic rings. The highest BCUT2D eigenvalue weighted by atomic mass is 32.2. The van der Waals surface area contributed by atoms with Crippen molar-refractivity contribution in [2.24, 2.45) is 0 Å². The van der Waals surface area contributed by atoms with Gasteiger partial charge in [0, 0.05) is 5.56 Å². The maximum Gasteiger partial charge on any atom is 0.412 e. The second-order valence-electron chi connectivity index (χ2n) is 7.10. The van der Waals surface area contributed by atoms with Crippen molar-refractivity contribution in [3.05, 3.63) is 53.8 Å². The van der Waals surface area contributed by atoms with Gasteiger partial charge in [0.2, 0.25) is 9.84 Å². The highest BCUT2D eigenvalue weighted by Gasteiger charge is 2.26. The Morgan fingerprint density at radius 2 is 1.57 bits per heavy atom. The van der Waals surface area contributed by atoms with Gasteiger partial charge < -0.3 is 10.1 Å². The summed E-state index contributed by atoms with van der Waals surface area (Å²) in [6.45, 7) is 4.95. The third-order valence-electron chi connectivity index (χ3n) is 3.55. The van der Waals surface area contributed by atoms with Crippen LogP contribution in [0.15, 0.2) is 47.4 Å². The summed E-state index contributed by atoms with van der Waals surface area (Å²) in [7, 11) is -4.80. The van der Waals surface area contributed by atoms with Gasteiger partial charge in [-0.05, 0) is 63.2 Å². The fourth-order valence-corrected chi connectivity index (χ4v) is 2.96. The van der Waals surface area contributed by atoms with Crippen LogP contribution in [0.3, 0.4) is 0 Å². The summed E-state index contributed by atoms with van der Waals surface area (Å²) >= 11 is 0. The largest absolute Gasteiger partial charge is 0.444 e. The van der Waals surface area contributed by atoms with Crippen LogP contribution in [0.25, 0.3) is 0 Å². The highest BCUT2D eigenvalue weighted by molar-refractivity contribution is 7.91. The number of halogens is 3. The molecule has 7 nitrogen and oxygen atoms in total. The fourth-order valence-electron chi connectivity index (χ4n) is 2.24. The van der Waals surface area contributed by atoms with Gasteiger partial charge in [0.1, 0.15) is 11.4 Å². The number of alkyl halides is 2. The zero-order chi connectivity index (χ0) is 22.7. The SMILES string of the molecule is CC(C)(C)OC(=O)Nc1ccc(F)cc1NC(=O)c1ccc(S(=O)(=O)C(F)F)cc1. The van der Waals surface area contributed by atoms with E-state index >= 15 is 0 Å². The van der Waals surface area contributed by atoms with E-state index in [1.807, 2.05) is 0 Å². The Morgan fingerprint density at radius 3 is 2.10 bits per heavy atom. The molecule has 2 rings (SSSR count). The number of nitrogens with one attached hydrogen (secondary N) is 2. The quantitative estimate of drug-likeness (QED) is 0.711. The molecule has 0 fully saturated rings. The molecule has 0 aromatic heterocycles. The van der Waals surface area contributed by atoms with E-state index in [2.05, 4.69) is 10.6 Å². The van der Waals surface area contributed by atoms with Crippen LogP contribution < -0.4 is 10.6 Å². The molecule has 0 radical (unpaired) electrons. The third-order valence-corrected chi connectivity index (χ3v) is 4.94. The molecule has 0 aliphatic heterocycles. The standard InChI is InChI=1S/C19H19F3N2O5S/c1-19(2,3)29-18(26)24-14-9-6-12(20)10-15(14)23-16(25)11-4-7-13(8-5-11)30(27,28)17(21)22/h4-10,17H,1-3H3,(H,23,25)(H,24,26). The summed E-state index contributed by atoms with van der Waals surface area (Å²) < 4.78 is 66.8. The van der Waals surface area contributed by atoms with Crippen molar-refractivity contribution in [3.63, 3.8) is 0 Å². The Bertz CT molecular complexity index is 1050. The average Bonchev–Trinajstić information content (AvgIpc) is 2.62. The minimum Gasteiger partial charge on any atom is -0.444 e. The second-order valence-corrected chi connectivity index (χ2v) is 9.02. The van der Waals surface area contributed by atoms with E-state index in [9.17, 15) is 31.2 Å². The fraction of sp³-hybridized carbons (Fsp3) is 0.263. The molecule has 30 heavy (non-hydrogen) atoms. The molecule has 0 aliphatic carbocycles. The van der Waals surface area contributed by atoms with Gasteiger partial charge in [-0.3, -0.25) is 10.1 Å². The van der Waals surface area contributed by atoms with E-state index in [1.54, 1.807) is 20.8 Å². The van der Waals surface area contributed by atoms with Crippen LogP contribution >= 0.6 is 0 Å². The van der Waals surface area contributed by atoms with Crippen LogP contribution in [0, 0.1) is 5.82 Å². The number of carbonyl (C=O) groups is 2. The van der Waals surface area contributed by atoms with E-state index in [0.29, 0.717) is 0 Å². The summed E-state index contributed by atoms with van der Waals surface area (Å²) in [5.74, 6) is -5.07. The molecule has 0 bridgehead atoms. The molecule has 2 amide bonds. The van der Waals surface area contributed by atoms with E-state index in [1.165, 1.54) is 6.07 Å². The van der Waals surface area contributed by atoms with Gasteiger partial charge in [-0.25, -0.2) is 17.6 Å². The van der Waals surface area contributed by atoms with Gasteiger partial charge in [-0.1, -0.05) is 0 Å². The number of amides is 2. The number of sulfone groups is 1. The molecule has 2 N–H and O–H groups in total. The van der Waals surface area contributed by atoms with Crippen molar-refractivity contribution in [3.8, 4) is 0 Å². The van der Waals surface area contributed by atoms with Crippen molar-refractivity contribution < 1.29 is 35.9 Å². The number of hydrogen-bond donors (Lipinski definition) is 2. The van der Waals surface area contributed by atoms with E-state index in [4.69, 9.17) is 4.74 Å². The van der Waals surface area contributed by atoms with Gasteiger partial charge in [-0.2, -0.15) is 8.78 Å². The summed E-state index contributed by atoms with van der Waals surface area (Å²) in [6.07, 6.45) is -0.828. The highest BCUT2D eigenvalue weighted by Crippen LogP contribution is 2.25. The molecular formula is C19H19F3N2O5S. The van der Waals surface area contributed by atoms with Crippen LogP contribution in [0.2, 0.25) is 0 Å². The molecule has 0 saturated heterocycles. The zero-order valence-electron chi connectivity index (χ0n) is 16.2. The number of anilines is 2. The third kappa shape index (κ3) is 5.96. The Kier molecular flexibility index (Phi) is 6.76. The van der Waals surface area contributed by atoms with Crippen molar-refractivity contribution in [2.45, 2.75) is 37.0 Å². The predicted octanol–water partition coefficient (Wildman–Crippen LogP) is 4.42. The summed E-state index contributed by atoms with van der Waals surface area (Å²) in [5.41, 5.74) is -0.893. The molecule has 0 heterocycles.